The minimum Gasteiger partial charge on any atom is -0.482 e. The highest BCUT2D eigenvalue weighted by Gasteiger charge is 2.24. The van der Waals surface area contributed by atoms with E-state index >= 15 is 0 Å². The van der Waals surface area contributed by atoms with E-state index in [1.807, 2.05) is 24.8 Å². The molecule has 174 valence electrons. The van der Waals surface area contributed by atoms with Crippen molar-refractivity contribution < 1.29 is 9.53 Å². The lowest BCUT2D eigenvalue weighted by atomic mass is 10.1. The Morgan fingerprint density at radius 3 is 2.61 bits per heavy atom. The Morgan fingerprint density at radius 1 is 1.00 bits per heavy atom. The number of halogens is 1. The first kappa shape index (κ1) is 23.3. The summed E-state index contributed by atoms with van der Waals surface area (Å²) in [6.45, 7) is 9.99. The highest BCUT2D eigenvalue weighted by Crippen LogP contribution is 2.33. The monoisotopic (exact) mass is 466 g/mol. The number of carbonyl (C=O) groups is 1. The predicted molar refractivity (Wildman–Crippen MR) is 136 cm³/mol. The molecule has 1 fully saturated rings. The molecule has 0 N–H and O–H groups in total. The number of hydrogen-bond donors (Lipinski definition) is 0. The molecule has 0 saturated carbocycles. The van der Waals surface area contributed by atoms with Gasteiger partial charge in [-0.1, -0.05) is 12.1 Å². The van der Waals surface area contributed by atoms with Gasteiger partial charge in [-0.15, -0.1) is 12.4 Å². The first-order valence-corrected chi connectivity index (χ1v) is 11.5. The van der Waals surface area contributed by atoms with Crippen molar-refractivity contribution in [1.82, 2.24) is 9.88 Å². The second-order valence-corrected chi connectivity index (χ2v) is 8.60. The number of ether oxygens (including phenoxy) is 1. The molecule has 0 spiro atoms. The summed E-state index contributed by atoms with van der Waals surface area (Å²) in [5.74, 6) is 0.843. The number of pyridine rings is 1. The molecule has 0 unspecified atom stereocenters. The average molecular weight is 467 g/mol. The standard InChI is InChI=1S/C26H30N4O2.ClH/c1-3-30-24-17-20(8-10-25(24)32-18-26(30)31)11-12-28-13-15-29(16-14-28)23-6-4-5-22-21(23)9-7-19(2)27-22;/h4-10,17H,3,11-16,18H2,1-2H3;1H. The molecule has 3 heterocycles. The van der Waals surface area contributed by atoms with Crippen LogP contribution < -0.4 is 14.5 Å². The fraction of sp³-hybridized carbons (Fsp3) is 0.385. The minimum atomic E-state index is 0. The van der Waals surface area contributed by atoms with Gasteiger partial charge in [-0.05, 0) is 62.2 Å². The Balaban J connectivity index is 0.00000259. The molecule has 1 aromatic heterocycles. The summed E-state index contributed by atoms with van der Waals surface area (Å²) >= 11 is 0. The Kier molecular flexibility index (Phi) is 7.05. The number of aromatic nitrogens is 1. The quantitative estimate of drug-likeness (QED) is 0.567. The summed E-state index contributed by atoms with van der Waals surface area (Å²) in [5.41, 5.74) is 5.57. The van der Waals surface area contributed by atoms with Crippen LogP contribution in [0.15, 0.2) is 48.5 Å². The zero-order valence-electron chi connectivity index (χ0n) is 19.3. The fourth-order valence-electron chi connectivity index (χ4n) is 4.77. The first-order valence-electron chi connectivity index (χ1n) is 11.5. The van der Waals surface area contributed by atoms with E-state index in [0.29, 0.717) is 6.54 Å². The van der Waals surface area contributed by atoms with E-state index in [4.69, 9.17) is 4.74 Å². The van der Waals surface area contributed by atoms with Gasteiger partial charge in [0, 0.05) is 56.0 Å². The van der Waals surface area contributed by atoms with Crippen LogP contribution in [0.2, 0.25) is 0 Å². The summed E-state index contributed by atoms with van der Waals surface area (Å²) in [6.07, 6.45) is 0.969. The van der Waals surface area contributed by atoms with Crippen molar-refractivity contribution >= 4 is 40.6 Å². The number of fused-ring (bicyclic) bond motifs is 2. The lowest BCUT2D eigenvalue weighted by Gasteiger charge is -2.36. The molecule has 0 aliphatic carbocycles. The van der Waals surface area contributed by atoms with Crippen molar-refractivity contribution in [2.24, 2.45) is 0 Å². The molecule has 7 heteroatoms. The molecule has 2 aromatic carbocycles. The highest BCUT2D eigenvalue weighted by molar-refractivity contribution is 5.97. The van der Waals surface area contributed by atoms with Crippen LogP contribution in [0.3, 0.4) is 0 Å². The summed E-state index contributed by atoms with van der Waals surface area (Å²) < 4.78 is 5.60. The molecule has 1 saturated heterocycles. The third-order valence-corrected chi connectivity index (χ3v) is 6.56. The maximum Gasteiger partial charge on any atom is 0.265 e. The smallest absolute Gasteiger partial charge is 0.265 e. The molecule has 0 radical (unpaired) electrons. The van der Waals surface area contributed by atoms with E-state index in [1.54, 1.807) is 0 Å². The molecule has 3 aromatic rings. The van der Waals surface area contributed by atoms with Crippen molar-refractivity contribution in [1.29, 1.82) is 0 Å². The van der Waals surface area contributed by atoms with Gasteiger partial charge in [0.25, 0.3) is 5.91 Å². The van der Waals surface area contributed by atoms with E-state index in [1.165, 1.54) is 16.6 Å². The van der Waals surface area contributed by atoms with Crippen LogP contribution in [-0.4, -0.2) is 61.7 Å². The van der Waals surface area contributed by atoms with Crippen LogP contribution in [0.1, 0.15) is 18.2 Å². The molecule has 5 rings (SSSR count). The van der Waals surface area contributed by atoms with Gasteiger partial charge in [0.2, 0.25) is 0 Å². The summed E-state index contributed by atoms with van der Waals surface area (Å²) in [6, 6.07) is 17.0. The van der Waals surface area contributed by atoms with E-state index < -0.39 is 0 Å². The SMILES string of the molecule is CCN1C(=O)COc2ccc(CCN3CCN(c4cccc5nc(C)ccc45)CC3)cc21.Cl. The van der Waals surface area contributed by atoms with Gasteiger partial charge in [-0.2, -0.15) is 0 Å². The number of benzene rings is 2. The minimum absolute atomic E-state index is 0. The van der Waals surface area contributed by atoms with E-state index in [-0.39, 0.29) is 24.9 Å². The van der Waals surface area contributed by atoms with Crippen molar-refractivity contribution in [3.05, 3.63) is 59.8 Å². The second-order valence-electron chi connectivity index (χ2n) is 8.60. The van der Waals surface area contributed by atoms with Crippen molar-refractivity contribution in [3.8, 4) is 5.75 Å². The molecular formula is C26H31ClN4O2. The molecule has 33 heavy (non-hydrogen) atoms. The van der Waals surface area contributed by atoms with Gasteiger partial charge in [0.05, 0.1) is 11.2 Å². The summed E-state index contributed by atoms with van der Waals surface area (Å²) in [4.78, 5) is 23.7. The number of piperazine rings is 1. The summed E-state index contributed by atoms with van der Waals surface area (Å²) in [7, 11) is 0. The highest BCUT2D eigenvalue weighted by atomic mass is 35.5. The maximum absolute atomic E-state index is 12.1. The van der Waals surface area contributed by atoms with Crippen LogP contribution in [-0.2, 0) is 11.2 Å². The predicted octanol–water partition coefficient (Wildman–Crippen LogP) is 4.08. The number of amides is 1. The third kappa shape index (κ3) is 4.77. The van der Waals surface area contributed by atoms with Crippen LogP contribution in [0.4, 0.5) is 11.4 Å². The normalized spacial score (nSPS) is 16.4. The molecule has 0 bridgehead atoms. The first-order chi connectivity index (χ1) is 15.6. The molecule has 6 nitrogen and oxygen atoms in total. The van der Waals surface area contributed by atoms with Gasteiger partial charge in [-0.3, -0.25) is 14.7 Å². The molecule has 0 atom stereocenters. The number of anilines is 2. The van der Waals surface area contributed by atoms with E-state index in [0.717, 1.165) is 61.8 Å². The van der Waals surface area contributed by atoms with Gasteiger partial charge in [0.15, 0.2) is 6.61 Å². The van der Waals surface area contributed by atoms with Crippen molar-refractivity contribution in [3.63, 3.8) is 0 Å². The third-order valence-electron chi connectivity index (χ3n) is 6.56. The van der Waals surface area contributed by atoms with Crippen LogP contribution in [0.25, 0.3) is 10.9 Å². The summed E-state index contributed by atoms with van der Waals surface area (Å²) in [5, 5.41) is 1.23. The largest absolute Gasteiger partial charge is 0.482 e. The number of carbonyl (C=O) groups excluding carboxylic acids is 1. The lowest BCUT2D eigenvalue weighted by Crippen LogP contribution is -2.47. The van der Waals surface area contributed by atoms with E-state index in [9.17, 15) is 4.79 Å². The topological polar surface area (TPSA) is 48.9 Å². The Labute approximate surface area is 201 Å². The zero-order chi connectivity index (χ0) is 22.1. The van der Waals surface area contributed by atoms with Crippen LogP contribution >= 0.6 is 12.4 Å². The van der Waals surface area contributed by atoms with Crippen LogP contribution in [0.5, 0.6) is 5.75 Å². The number of aryl methyl sites for hydroxylation is 1. The average Bonchev–Trinajstić information content (AvgIpc) is 2.82. The van der Waals surface area contributed by atoms with Crippen LogP contribution in [0, 0.1) is 6.92 Å². The van der Waals surface area contributed by atoms with Crippen molar-refractivity contribution in [2.45, 2.75) is 20.3 Å². The Morgan fingerprint density at radius 2 is 1.82 bits per heavy atom. The zero-order valence-corrected chi connectivity index (χ0v) is 20.1. The van der Waals surface area contributed by atoms with Gasteiger partial charge in [-0.25, -0.2) is 0 Å². The van der Waals surface area contributed by atoms with Crippen molar-refractivity contribution in [2.75, 3.05) is 55.7 Å². The molecular weight excluding hydrogens is 436 g/mol. The Bertz CT molecular complexity index is 1140. The maximum atomic E-state index is 12.1. The molecule has 2 aliphatic heterocycles. The van der Waals surface area contributed by atoms with Gasteiger partial charge >= 0.3 is 0 Å². The Hall–Kier alpha value is -2.83. The number of nitrogens with zero attached hydrogens (tertiary/aromatic N) is 4. The number of hydrogen-bond acceptors (Lipinski definition) is 5. The number of rotatable bonds is 5. The second kappa shape index (κ2) is 9.98. The van der Waals surface area contributed by atoms with E-state index in [2.05, 4.69) is 57.2 Å². The fourth-order valence-corrected chi connectivity index (χ4v) is 4.77. The lowest BCUT2D eigenvalue weighted by molar-refractivity contribution is -0.121. The number of likely N-dealkylation sites (N-methyl/N-ethyl adjacent to an activating group) is 1. The van der Waals surface area contributed by atoms with Gasteiger partial charge < -0.3 is 14.5 Å². The molecule has 1 amide bonds. The molecule has 2 aliphatic rings. The van der Waals surface area contributed by atoms with Gasteiger partial charge in [0.1, 0.15) is 5.75 Å².